The predicted octanol–water partition coefficient (Wildman–Crippen LogP) is 2.85. The molecule has 13 heavy (non-hydrogen) atoms. The van der Waals surface area contributed by atoms with Crippen LogP contribution in [-0.2, 0) is 27.6 Å². The Balaban J connectivity index is 2.49. The zero-order valence-corrected chi connectivity index (χ0v) is 9.27. The van der Waals surface area contributed by atoms with Crippen molar-refractivity contribution < 1.29 is 14.5 Å². The second-order valence-electron chi connectivity index (χ2n) is 2.31. The summed E-state index contributed by atoms with van der Waals surface area (Å²) in [5, 5.41) is 8.32. The molecule has 72 valence electrons. The van der Waals surface area contributed by atoms with Crippen LogP contribution in [0, 0.1) is 0 Å². The quantitative estimate of drug-likeness (QED) is 0.365. The van der Waals surface area contributed by atoms with Crippen LogP contribution >= 0.6 is 17.9 Å². The van der Waals surface area contributed by atoms with E-state index in [1.165, 1.54) is 0 Å². The lowest BCUT2D eigenvalue weighted by Crippen LogP contribution is -1.89. The Morgan fingerprint density at radius 3 is 2.54 bits per heavy atom. The van der Waals surface area contributed by atoms with Crippen molar-refractivity contribution in [3.05, 3.63) is 35.9 Å². The molecule has 6 heteroatoms. The largest absolute Gasteiger partial charge is 0.315 e. The molecule has 0 aromatic heterocycles. The molecular formula is C7H9O3PS2. The van der Waals surface area contributed by atoms with Gasteiger partial charge in [0.2, 0.25) is 0 Å². The lowest BCUT2D eigenvalue weighted by Gasteiger charge is -2.11. The Labute approximate surface area is 86.9 Å². The third-order valence-corrected chi connectivity index (χ3v) is 3.08. The molecule has 1 aromatic carbocycles. The Bertz CT molecular complexity index is 304. The first-order valence-corrected chi connectivity index (χ1v) is 7.27. The van der Waals surface area contributed by atoms with Crippen molar-refractivity contribution in [2.45, 2.75) is 6.61 Å². The molecule has 1 unspecified atom stereocenters. The molecule has 0 radical (unpaired) electrons. The molecule has 0 spiro atoms. The second kappa shape index (κ2) is 5.10. The lowest BCUT2D eigenvalue weighted by molar-refractivity contribution is -0.136. The zero-order chi connectivity index (χ0) is 9.73. The molecule has 0 bridgehead atoms. The number of hydrogen-bond donors (Lipinski definition) is 2. The molecule has 1 aromatic rings. The van der Waals surface area contributed by atoms with E-state index < -0.39 is 5.69 Å². The van der Waals surface area contributed by atoms with Crippen molar-refractivity contribution in [3.63, 3.8) is 0 Å². The second-order valence-corrected chi connectivity index (χ2v) is 7.50. The van der Waals surface area contributed by atoms with Crippen LogP contribution in [0.25, 0.3) is 0 Å². The summed E-state index contributed by atoms with van der Waals surface area (Å²) in [6.45, 7) is 0.294. The molecule has 1 rings (SSSR count). The van der Waals surface area contributed by atoms with Crippen LogP contribution in [0.5, 0.6) is 0 Å². The van der Waals surface area contributed by atoms with Gasteiger partial charge in [-0.2, -0.15) is 4.67 Å². The maximum Gasteiger partial charge on any atom is 0.275 e. The summed E-state index contributed by atoms with van der Waals surface area (Å²) in [7, 11) is 0. The molecule has 3 nitrogen and oxygen atoms in total. The Kier molecular flexibility index (Phi) is 4.38. The third-order valence-electron chi connectivity index (χ3n) is 1.34. The molecule has 1 atom stereocenters. The number of benzene rings is 1. The van der Waals surface area contributed by atoms with Crippen LogP contribution < -0.4 is 0 Å². The average molecular weight is 236 g/mol. The van der Waals surface area contributed by atoms with Gasteiger partial charge in [0.05, 0.1) is 6.61 Å². The van der Waals surface area contributed by atoms with E-state index >= 15 is 0 Å². The van der Waals surface area contributed by atoms with Crippen molar-refractivity contribution in [2.24, 2.45) is 0 Å². The molecule has 0 amide bonds. The zero-order valence-electron chi connectivity index (χ0n) is 6.66. The summed E-state index contributed by atoms with van der Waals surface area (Å²) in [5.74, 6) is 0. The van der Waals surface area contributed by atoms with Gasteiger partial charge < -0.3 is 4.52 Å². The van der Waals surface area contributed by atoms with Crippen LogP contribution in [0.15, 0.2) is 30.3 Å². The van der Waals surface area contributed by atoms with E-state index in [0.717, 1.165) is 5.56 Å². The molecule has 1 N–H and O–H groups in total. The van der Waals surface area contributed by atoms with Crippen molar-refractivity contribution >= 4 is 29.7 Å². The maximum atomic E-state index is 8.32. The molecule has 0 fully saturated rings. The third kappa shape index (κ3) is 4.22. The number of hydrogen-bond acceptors (Lipinski definition) is 4. The monoisotopic (exact) mass is 236 g/mol. The van der Waals surface area contributed by atoms with Crippen LogP contribution in [0.1, 0.15) is 5.56 Å². The fourth-order valence-electron chi connectivity index (χ4n) is 0.754. The highest BCUT2D eigenvalue weighted by molar-refractivity contribution is 8.60. The van der Waals surface area contributed by atoms with Gasteiger partial charge in [0, 0.05) is 0 Å². The smallest absolute Gasteiger partial charge is 0.275 e. The van der Waals surface area contributed by atoms with Crippen molar-refractivity contribution in [2.75, 3.05) is 0 Å². The SMILES string of the molecule is OOP(=S)(S)OCc1ccccc1. The van der Waals surface area contributed by atoms with Crippen LogP contribution in [0.3, 0.4) is 0 Å². The lowest BCUT2D eigenvalue weighted by atomic mass is 10.2. The van der Waals surface area contributed by atoms with Gasteiger partial charge in [-0.25, -0.2) is 5.26 Å². The molecule has 0 aliphatic heterocycles. The molecule has 0 aliphatic rings. The summed E-state index contributed by atoms with van der Waals surface area (Å²) in [4.78, 5) is 0. The summed E-state index contributed by atoms with van der Waals surface area (Å²) in [6.07, 6.45) is 0. The average Bonchev–Trinajstić information content (AvgIpc) is 2.17. The van der Waals surface area contributed by atoms with E-state index in [4.69, 9.17) is 21.6 Å². The fourth-order valence-corrected chi connectivity index (χ4v) is 1.44. The van der Waals surface area contributed by atoms with Crippen molar-refractivity contribution in [3.8, 4) is 0 Å². The first-order valence-electron chi connectivity index (χ1n) is 3.48. The van der Waals surface area contributed by atoms with E-state index in [0.29, 0.717) is 6.61 Å². The Hall–Kier alpha value is 0.1000. The first kappa shape index (κ1) is 11.2. The van der Waals surface area contributed by atoms with Crippen molar-refractivity contribution in [1.29, 1.82) is 0 Å². The van der Waals surface area contributed by atoms with E-state index in [1.54, 1.807) is 0 Å². The van der Waals surface area contributed by atoms with Gasteiger partial charge >= 0.3 is 0 Å². The van der Waals surface area contributed by atoms with Gasteiger partial charge in [0.15, 0.2) is 0 Å². The first-order chi connectivity index (χ1) is 6.14. The van der Waals surface area contributed by atoms with Crippen LogP contribution in [0.4, 0.5) is 0 Å². The normalized spacial score (nSPS) is 15.2. The summed E-state index contributed by atoms with van der Waals surface area (Å²) in [5.41, 5.74) is -1.79. The highest BCUT2D eigenvalue weighted by atomic mass is 32.9. The van der Waals surface area contributed by atoms with Gasteiger partial charge in [-0.15, -0.1) is 0 Å². The number of rotatable bonds is 4. The van der Waals surface area contributed by atoms with E-state index in [1.807, 2.05) is 30.3 Å². The minimum absolute atomic E-state index is 0.294. The minimum atomic E-state index is -2.76. The summed E-state index contributed by atoms with van der Waals surface area (Å²) < 4.78 is 9.01. The van der Waals surface area contributed by atoms with Gasteiger partial charge in [0.25, 0.3) is 5.69 Å². The maximum absolute atomic E-state index is 8.32. The van der Waals surface area contributed by atoms with Gasteiger partial charge in [0.1, 0.15) is 0 Å². The molecule has 0 aliphatic carbocycles. The topological polar surface area (TPSA) is 38.7 Å². The standard InChI is InChI=1S/C7H9O3PS2/c8-10-11(12,13)9-6-7-4-2-1-3-5-7/h1-5,8H,6H2,(H,12,13). The minimum Gasteiger partial charge on any atom is -0.315 e. The Morgan fingerprint density at radius 1 is 1.38 bits per heavy atom. The molecule has 0 saturated heterocycles. The van der Waals surface area contributed by atoms with E-state index in [2.05, 4.69) is 16.9 Å². The van der Waals surface area contributed by atoms with Gasteiger partial charge in [-0.05, 0) is 17.4 Å². The summed E-state index contributed by atoms with van der Waals surface area (Å²) >= 11 is 8.57. The van der Waals surface area contributed by atoms with E-state index in [-0.39, 0.29) is 0 Å². The van der Waals surface area contributed by atoms with Crippen LogP contribution in [0.2, 0.25) is 0 Å². The fraction of sp³-hybridized carbons (Fsp3) is 0.143. The predicted molar refractivity (Wildman–Crippen MR) is 58.2 cm³/mol. The van der Waals surface area contributed by atoms with Gasteiger partial charge in [-0.1, -0.05) is 42.6 Å². The van der Waals surface area contributed by atoms with Gasteiger partial charge in [-0.3, -0.25) is 0 Å². The molecule has 0 heterocycles. The summed E-state index contributed by atoms with van der Waals surface area (Å²) in [6, 6.07) is 9.46. The highest BCUT2D eigenvalue weighted by Crippen LogP contribution is 2.52. The molecular weight excluding hydrogens is 227 g/mol. The highest BCUT2D eigenvalue weighted by Gasteiger charge is 2.11. The van der Waals surface area contributed by atoms with E-state index in [9.17, 15) is 0 Å². The van der Waals surface area contributed by atoms with Crippen LogP contribution in [-0.4, -0.2) is 5.26 Å². The van der Waals surface area contributed by atoms with Crippen molar-refractivity contribution in [1.82, 2.24) is 0 Å². The Morgan fingerprint density at radius 2 is 2.00 bits per heavy atom. The molecule has 0 saturated carbocycles. The number of thiol groups is 1.